The summed E-state index contributed by atoms with van der Waals surface area (Å²) < 4.78 is 0. The van der Waals surface area contributed by atoms with Gasteiger partial charge in [-0.05, 0) is 138 Å². The van der Waals surface area contributed by atoms with Crippen molar-refractivity contribution in [1.82, 2.24) is 0 Å². The molecule has 57 heavy (non-hydrogen) atoms. The summed E-state index contributed by atoms with van der Waals surface area (Å²) in [6, 6.07) is 72.7. The lowest BCUT2D eigenvalue weighted by Gasteiger charge is -2.22. The highest BCUT2D eigenvalue weighted by molar-refractivity contribution is 6.28. The summed E-state index contributed by atoms with van der Waals surface area (Å²) in [5, 5.41) is 15.4. The van der Waals surface area contributed by atoms with Gasteiger partial charge in [0, 0.05) is 5.41 Å². The fourth-order valence-electron chi connectivity index (χ4n) is 10.3. The zero-order valence-electron chi connectivity index (χ0n) is 32.0. The van der Waals surface area contributed by atoms with Gasteiger partial charge in [0.25, 0.3) is 0 Å². The van der Waals surface area contributed by atoms with Crippen molar-refractivity contribution in [2.75, 3.05) is 0 Å². The lowest BCUT2D eigenvalue weighted by atomic mass is 9.81. The van der Waals surface area contributed by atoms with Crippen LogP contribution in [0.25, 0.3) is 109 Å². The fourth-order valence-corrected chi connectivity index (χ4v) is 10.3. The molecule has 11 aromatic rings. The molecule has 0 saturated heterocycles. The summed E-state index contributed by atoms with van der Waals surface area (Å²) in [5.74, 6) is 0. The van der Waals surface area contributed by atoms with Crippen molar-refractivity contribution in [3.05, 3.63) is 205 Å². The van der Waals surface area contributed by atoms with Crippen LogP contribution in [0.2, 0.25) is 0 Å². The Morgan fingerprint density at radius 1 is 0.281 bits per heavy atom. The van der Waals surface area contributed by atoms with Crippen LogP contribution in [0.5, 0.6) is 0 Å². The summed E-state index contributed by atoms with van der Waals surface area (Å²) in [6.45, 7) is 4.75. The second-order valence-corrected chi connectivity index (χ2v) is 16.4. The Balaban J connectivity index is 1.06. The minimum Gasteiger partial charge on any atom is -0.0616 e. The van der Waals surface area contributed by atoms with Gasteiger partial charge in [-0.3, -0.25) is 0 Å². The van der Waals surface area contributed by atoms with E-state index < -0.39 is 0 Å². The van der Waals surface area contributed by atoms with Gasteiger partial charge in [0.2, 0.25) is 0 Å². The van der Waals surface area contributed by atoms with Crippen molar-refractivity contribution in [1.29, 1.82) is 0 Å². The zero-order chi connectivity index (χ0) is 37.8. The molecule has 0 atom stereocenters. The molecule has 0 aromatic heterocycles. The molecule has 0 unspecified atom stereocenters. The number of rotatable bonds is 3. The minimum absolute atomic E-state index is 0.0750. The van der Waals surface area contributed by atoms with E-state index in [1.807, 2.05) is 0 Å². The molecule has 0 amide bonds. The van der Waals surface area contributed by atoms with E-state index in [-0.39, 0.29) is 5.41 Å². The third-order valence-corrected chi connectivity index (χ3v) is 13.0. The van der Waals surface area contributed by atoms with Gasteiger partial charge in [0.15, 0.2) is 0 Å². The molecule has 0 radical (unpaired) electrons. The van der Waals surface area contributed by atoms with Gasteiger partial charge in [-0.1, -0.05) is 190 Å². The van der Waals surface area contributed by atoms with Gasteiger partial charge in [0.05, 0.1) is 0 Å². The Morgan fingerprint density at radius 2 is 0.789 bits per heavy atom. The van der Waals surface area contributed by atoms with Crippen LogP contribution >= 0.6 is 0 Å². The van der Waals surface area contributed by atoms with Crippen LogP contribution < -0.4 is 0 Å². The van der Waals surface area contributed by atoms with E-state index >= 15 is 0 Å². The molecular formula is C57H38. The van der Waals surface area contributed by atoms with Crippen LogP contribution in [0, 0.1) is 0 Å². The van der Waals surface area contributed by atoms with Crippen molar-refractivity contribution in [3.63, 3.8) is 0 Å². The molecule has 0 nitrogen and oxygen atoms in total. The average Bonchev–Trinajstić information content (AvgIpc) is 3.49. The van der Waals surface area contributed by atoms with Gasteiger partial charge in [-0.15, -0.1) is 0 Å². The summed E-state index contributed by atoms with van der Waals surface area (Å²) >= 11 is 0. The predicted molar refractivity (Wildman–Crippen MR) is 245 cm³/mol. The smallest absolute Gasteiger partial charge is 0.0159 e. The van der Waals surface area contributed by atoms with Gasteiger partial charge < -0.3 is 0 Å². The maximum absolute atomic E-state index is 2.44. The topological polar surface area (TPSA) is 0 Å². The number of benzene rings is 11. The van der Waals surface area contributed by atoms with Crippen LogP contribution in [0.4, 0.5) is 0 Å². The number of hydrogen-bond acceptors (Lipinski definition) is 0. The Bertz CT molecular complexity index is 3410. The molecule has 0 fully saturated rings. The van der Waals surface area contributed by atoms with Crippen molar-refractivity contribution in [3.8, 4) is 44.5 Å². The Morgan fingerprint density at radius 3 is 1.47 bits per heavy atom. The van der Waals surface area contributed by atoms with E-state index in [2.05, 4.69) is 208 Å². The first-order valence-electron chi connectivity index (χ1n) is 20.1. The number of fused-ring (bicyclic) bond motifs is 11. The molecule has 11 aromatic carbocycles. The highest BCUT2D eigenvalue weighted by atomic mass is 14.4. The fraction of sp³-hybridized carbons (Fsp3) is 0.0526. The monoisotopic (exact) mass is 722 g/mol. The van der Waals surface area contributed by atoms with E-state index in [0.717, 1.165) is 0 Å². The van der Waals surface area contributed by atoms with E-state index in [4.69, 9.17) is 0 Å². The van der Waals surface area contributed by atoms with E-state index in [0.29, 0.717) is 0 Å². The van der Waals surface area contributed by atoms with Crippen LogP contribution in [0.1, 0.15) is 25.0 Å². The molecular weight excluding hydrogens is 685 g/mol. The van der Waals surface area contributed by atoms with Crippen LogP contribution in [-0.2, 0) is 5.41 Å². The summed E-state index contributed by atoms with van der Waals surface area (Å²) in [7, 11) is 0. The number of hydrogen-bond donors (Lipinski definition) is 0. The maximum atomic E-state index is 2.44. The maximum Gasteiger partial charge on any atom is 0.0159 e. The average molecular weight is 723 g/mol. The molecule has 0 heteroatoms. The van der Waals surface area contributed by atoms with Crippen molar-refractivity contribution >= 4 is 64.6 Å². The molecule has 0 spiro atoms. The molecule has 1 aliphatic rings. The summed E-state index contributed by atoms with van der Waals surface area (Å²) in [6.07, 6.45) is 0. The second kappa shape index (κ2) is 12.0. The molecule has 0 aliphatic heterocycles. The first-order chi connectivity index (χ1) is 28.0. The summed E-state index contributed by atoms with van der Waals surface area (Å²) in [5.41, 5.74) is 13.1. The van der Waals surface area contributed by atoms with Crippen molar-refractivity contribution < 1.29 is 0 Å². The lowest BCUT2D eigenvalue weighted by molar-refractivity contribution is 0.661. The molecule has 12 rings (SSSR count). The van der Waals surface area contributed by atoms with Gasteiger partial charge in [-0.2, -0.15) is 0 Å². The largest absolute Gasteiger partial charge is 0.0616 e. The molecule has 0 bridgehead atoms. The third kappa shape index (κ3) is 4.62. The first kappa shape index (κ1) is 32.2. The zero-order valence-corrected chi connectivity index (χ0v) is 32.0. The normalized spacial score (nSPS) is 13.2. The van der Waals surface area contributed by atoms with E-state index in [1.54, 1.807) is 0 Å². The van der Waals surface area contributed by atoms with Gasteiger partial charge >= 0.3 is 0 Å². The van der Waals surface area contributed by atoms with E-state index in [9.17, 15) is 0 Å². The van der Waals surface area contributed by atoms with Crippen molar-refractivity contribution in [2.45, 2.75) is 19.3 Å². The molecule has 0 heterocycles. The van der Waals surface area contributed by atoms with Crippen LogP contribution in [0.15, 0.2) is 194 Å². The lowest BCUT2D eigenvalue weighted by Crippen LogP contribution is -2.14. The molecule has 1 aliphatic carbocycles. The molecule has 0 saturated carbocycles. The minimum atomic E-state index is -0.0750. The van der Waals surface area contributed by atoms with E-state index in [1.165, 1.54) is 120 Å². The Hall–Kier alpha value is -7.02. The highest BCUT2D eigenvalue weighted by Gasteiger charge is 2.37. The van der Waals surface area contributed by atoms with Gasteiger partial charge in [-0.25, -0.2) is 0 Å². The first-order valence-corrected chi connectivity index (χ1v) is 20.1. The quantitative estimate of drug-likeness (QED) is 0.126. The Kier molecular flexibility index (Phi) is 6.78. The van der Waals surface area contributed by atoms with Crippen LogP contribution in [0.3, 0.4) is 0 Å². The third-order valence-electron chi connectivity index (χ3n) is 13.0. The molecule has 0 N–H and O–H groups in total. The Labute approximate surface area is 332 Å². The standard InChI is InChI=1S/C57H38/c1-57(2)51-25-13-24-42(56(51)50-32-38-15-3-4-16-39(38)34-52(50)57)36-26-29-37(30-27-36)53-45-20-9-11-22-47(45)55(48-23-12-10-21-46(48)53)49-33-40-31-28-35-14-5-6-17-41(35)54(40)44-19-8-7-18-43(44)49/h3-34H,1-2H3. The van der Waals surface area contributed by atoms with Crippen LogP contribution in [-0.4, -0.2) is 0 Å². The second-order valence-electron chi connectivity index (χ2n) is 16.4. The predicted octanol–water partition coefficient (Wildman–Crippen LogP) is 15.9. The van der Waals surface area contributed by atoms with Gasteiger partial charge in [0.1, 0.15) is 0 Å². The van der Waals surface area contributed by atoms with Crippen molar-refractivity contribution in [2.24, 2.45) is 0 Å². The summed E-state index contributed by atoms with van der Waals surface area (Å²) in [4.78, 5) is 0. The highest BCUT2D eigenvalue weighted by Crippen LogP contribution is 2.53. The molecule has 266 valence electrons. The SMILES string of the molecule is CC1(C)c2cc3ccccc3cc2-c2c(-c3ccc(-c4c5ccccc5c(-c5cc6ccc7ccccc7c6c6ccccc56)c5ccccc45)cc3)cccc21.